The number of unbranched alkanes of at least 4 members (excludes halogenated alkanes) is 1. The smallest absolute Gasteiger partial charge is 0.326 e. The van der Waals surface area contributed by atoms with Crippen molar-refractivity contribution in [3.63, 3.8) is 0 Å². The Morgan fingerprint density at radius 2 is 1.49 bits per heavy atom. The minimum atomic E-state index is -1.34. The zero-order valence-corrected chi connectivity index (χ0v) is 20.3. The predicted molar refractivity (Wildman–Crippen MR) is 129 cm³/mol. The van der Waals surface area contributed by atoms with Crippen LogP contribution in [0.25, 0.3) is 0 Å². The highest BCUT2D eigenvalue weighted by Gasteiger charge is 2.30. The van der Waals surface area contributed by atoms with Gasteiger partial charge in [-0.15, -0.1) is 0 Å². The van der Waals surface area contributed by atoms with Crippen LogP contribution in [-0.4, -0.2) is 81.3 Å². The van der Waals surface area contributed by atoms with E-state index in [1.54, 1.807) is 0 Å². The number of rotatable bonds is 18. The summed E-state index contributed by atoms with van der Waals surface area (Å²) in [6.07, 6.45) is 2.79. The number of primary amides is 2. The molecule has 0 spiro atoms. The molecular formula is C21H35N9O7. The zero-order valence-electron chi connectivity index (χ0n) is 20.3. The molecule has 0 aliphatic carbocycles. The number of nitrogens with zero attached hydrogens (tertiary/aromatic N) is 1. The average molecular weight is 526 g/mol. The van der Waals surface area contributed by atoms with E-state index in [-0.39, 0.29) is 25.7 Å². The van der Waals surface area contributed by atoms with Crippen molar-refractivity contribution in [2.75, 3.05) is 6.54 Å². The van der Waals surface area contributed by atoms with Crippen LogP contribution in [0.2, 0.25) is 0 Å². The van der Waals surface area contributed by atoms with Crippen LogP contribution in [0.15, 0.2) is 12.5 Å². The molecule has 1 rings (SSSR count). The van der Waals surface area contributed by atoms with Gasteiger partial charge in [0.25, 0.3) is 0 Å². The normalized spacial score (nSPS) is 14.0. The van der Waals surface area contributed by atoms with E-state index in [0.717, 1.165) is 0 Å². The fourth-order valence-electron chi connectivity index (χ4n) is 3.27. The van der Waals surface area contributed by atoms with Crippen LogP contribution in [0, 0.1) is 0 Å². The summed E-state index contributed by atoms with van der Waals surface area (Å²) in [5, 5.41) is 16.7. The summed E-state index contributed by atoms with van der Waals surface area (Å²) in [4.78, 5) is 78.9. The number of aromatic amines is 1. The lowest BCUT2D eigenvalue weighted by Crippen LogP contribution is -2.57. The number of carboxylic acid groups (broad SMARTS) is 1. The molecule has 1 aromatic heterocycles. The molecular weight excluding hydrogens is 490 g/mol. The Morgan fingerprint density at radius 3 is 2.00 bits per heavy atom. The van der Waals surface area contributed by atoms with E-state index in [0.29, 0.717) is 25.1 Å². The third-order valence-electron chi connectivity index (χ3n) is 5.24. The van der Waals surface area contributed by atoms with Gasteiger partial charge in [-0.05, 0) is 32.2 Å². The molecule has 0 aliphatic heterocycles. The second-order valence-corrected chi connectivity index (χ2v) is 8.37. The lowest BCUT2D eigenvalue weighted by Gasteiger charge is -2.25. The Kier molecular flexibility index (Phi) is 13.3. The minimum absolute atomic E-state index is 0.0837. The summed E-state index contributed by atoms with van der Waals surface area (Å²) in [5.41, 5.74) is 21.8. The van der Waals surface area contributed by atoms with E-state index in [1.165, 1.54) is 12.5 Å². The van der Waals surface area contributed by atoms with E-state index < -0.39 is 66.1 Å². The van der Waals surface area contributed by atoms with Crippen molar-refractivity contribution in [3.05, 3.63) is 18.2 Å². The number of H-pyrrole nitrogens is 1. The Labute approximate surface area is 212 Å². The summed E-state index contributed by atoms with van der Waals surface area (Å²) >= 11 is 0. The largest absolute Gasteiger partial charge is 0.480 e. The van der Waals surface area contributed by atoms with Crippen LogP contribution < -0.4 is 38.9 Å². The quantitative estimate of drug-likeness (QED) is 0.0839. The average Bonchev–Trinajstić information content (AvgIpc) is 3.32. The zero-order chi connectivity index (χ0) is 28.0. The van der Waals surface area contributed by atoms with Crippen molar-refractivity contribution in [2.45, 2.75) is 69.1 Å². The highest BCUT2D eigenvalue weighted by Crippen LogP contribution is 2.07. The van der Waals surface area contributed by atoms with Crippen LogP contribution in [0.3, 0.4) is 0 Å². The Bertz CT molecular complexity index is 939. The van der Waals surface area contributed by atoms with E-state index >= 15 is 0 Å². The summed E-state index contributed by atoms with van der Waals surface area (Å²) in [5.74, 6) is -5.37. The molecule has 4 unspecified atom stereocenters. The number of carboxylic acids is 1. The molecule has 0 bridgehead atoms. The molecule has 37 heavy (non-hydrogen) atoms. The molecule has 1 aromatic rings. The third kappa shape index (κ3) is 12.0. The fourth-order valence-corrected chi connectivity index (χ4v) is 3.27. The van der Waals surface area contributed by atoms with Gasteiger partial charge in [0, 0.05) is 24.7 Å². The summed E-state index contributed by atoms with van der Waals surface area (Å²) in [7, 11) is 0. The molecule has 13 N–H and O–H groups in total. The molecule has 0 aromatic carbocycles. The molecule has 206 valence electrons. The van der Waals surface area contributed by atoms with Crippen LogP contribution in [0.4, 0.5) is 0 Å². The number of hydrogen-bond donors (Lipinski definition) is 9. The molecule has 1 heterocycles. The van der Waals surface area contributed by atoms with Gasteiger partial charge in [-0.25, -0.2) is 9.78 Å². The topological polar surface area (TPSA) is 292 Å². The molecule has 0 fully saturated rings. The number of nitrogens with two attached hydrogens (primary N) is 4. The molecule has 0 aliphatic rings. The van der Waals surface area contributed by atoms with Crippen LogP contribution >= 0.6 is 0 Å². The molecule has 4 atom stereocenters. The predicted octanol–water partition coefficient (Wildman–Crippen LogP) is -3.91. The molecule has 16 nitrogen and oxygen atoms in total. The molecule has 0 radical (unpaired) electrons. The summed E-state index contributed by atoms with van der Waals surface area (Å²) < 4.78 is 0. The van der Waals surface area contributed by atoms with Gasteiger partial charge in [0.05, 0.1) is 18.8 Å². The Hall–Kier alpha value is -4.05. The van der Waals surface area contributed by atoms with Crippen molar-refractivity contribution < 1.29 is 33.9 Å². The summed E-state index contributed by atoms with van der Waals surface area (Å²) in [6.45, 7) is 0.328. The Morgan fingerprint density at radius 1 is 0.892 bits per heavy atom. The van der Waals surface area contributed by atoms with Crippen molar-refractivity contribution in [1.82, 2.24) is 25.9 Å². The van der Waals surface area contributed by atoms with Crippen molar-refractivity contribution in [3.8, 4) is 0 Å². The first kappa shape index (κ1) is 31.0. The third-order valence-corrected chi connectivity index (χ3v) is 5.24. The first-order valence-electron chi connectivity index (χ1n) is 11.6. The maximum absolute atomic E-state index is 13.0. The number of carbonyl (C=O) groups is 6. The van der Waals surface area contributed by atoms with E-state index in [2.05, 4.69) is 25.9 Å². The van der Waals surface area contributed by atoms with Crippen molar-refractivity contribution in [1.29, 1.82) is 0 Å². The fraction of sp³-hybridized carbons (Fsp3) is 0.571. The van der Waals surface area contributed by atoms with E-state index in [4.69, 9.17) is 22.9 Å². The van der Waals surface area contributed by atoms with Crippen LogP contribution in [0.5, 0.6) is 0 Å². The monoisotopic (exact) mass is 525 g/mol. The maximum Gasteiger partial charge on any atom is 0.326 e. The Balaban J connectivity index is 3.01. The molecule has 5 amide bonds. The van der Waals surface area contributed by atoms with Gasteiger partial charge in [0.15, 0.2) is 0 Å². The SMILES string of the molecule is NCCCCC(NC(=O)C(CCC(N)=O)NC(=O)C(N)CC(N)=O)C(=O)NC(Cc1cnc[nH]1)C(=O)O. The second kappa shape index (κ2) is 15.8. The molecule has 16 heteroatoms. The van der Waals surface area contributed by atoms with E-state index in [1.807, 2.05) is 0 Å². The first-order valence-corrected chi connectivity index (χ1v) is 11.6. The van der Waals surface area contributed by atoms with Crippen molar-refractivity contribution in [2.24, 2.45) is 22.9 Å². The van der Waals surface area contributed by atoms with Gasteiger partial charge >= 0.3 is 5.97 Å². The van der Waals surface area contributed by atoms with Crippen LogP contribution in [-0.2, 0) is 35.2 Å². The number of aliphatic carboxylic acids is 1. The van der Waals surface area contributed by atoms with Gasteiger partial charge in [0.2, 0.25) is 29.5 Å². The highest BCUT2D eigenvalue weighted by molar-refractivity contribution is 5.95. The standard InChI is InChI=1S/C21H35N9O7/c22-6-2-1-3-13(19(34)30-15(21(36)37)7-11-9-26-10-27-11)29-20(35)14(4-5-16(24)31)28-18(33)12(23)8-17(25)32/h9-10,12-15H,1-8,22-23H2,(H2,24,31)(H2,25,32)(H,26,27)(H,28,33)(H,29,35)(H,30,34)(H,36,37). The van der Waals surface area contributed by atoms with Crippen LogP contribution in [0.1, 0.15) is 44.2 Å². The maximum atomic E-state index is 13.0. The van der Waals surface area contributed by atoms with E-state index in [9.17, 15) is 33.9 Å². The first-order chi connectivity index (χ1) is 17.4. The number of aromatic nitrogens is 2. The van der Waals surface area contributed by atoms with Gasteiger partial charge in [-0.3, -0.25) is 24.0 Å². The lowest BCUT2D eigenvalue weighted by molar-refractivity contribution is -0.142. The minimum Gasteiger partial charge on any atom is -0.480 e. The van der Waals surface area contributed by atoms with Crippen molar-refractivity contribution >= 4 is 35.5 Å². The highest BCUT2D eigenvalue weighted by atomic mass is 16.4. The van der Waals surface area contributed by atoms with Gasteiger partial charge in [0.1, 0.15) is 18.1 Å². The summed E-state index contributed by atoms with van der Waals surface area (Å²) in [6, 6.07) is -5.18. The number of nitrogens with one attached hydrogen (secondary N) is 4. The second-order valence-electron chi connectivity index (χ2n) is 8.37. The van der Waals surface area contributed by atoms with Gasteiger partial charge < -0.3 is 49.0 Å². The number of imidazole rings is 1. The van der Waals surface area contributed by atoms with Gasteiger partial charge in [-0.1, -0.05) is 0 Å². The number of hydrogen-bond acceptors (Lipinski definition) is 9. The molecule has 0 saturated heterocycles. The number of carbonyl (C=O) groups excluding carboxylic acids is 5. The van der Waals surface area contributed by atoms with Gasteiger partial charge in [-0.2, -0.15) is 0 Å². The lowest BCUT2D eigenvalue weighted by atomic mass is 10.0. The molecule has 0 saturated carbocycles. The number of amides is 5.